The lowest BCUT2D eigenvalue weighted by Crippen LogP contribution is -2.29. The van der Waals surface area contributed by atoms with Crippen molar-refractivity contribution in [3.05, 3.63) is 90.0 Å². The van der Waals surface area contributed by atoms with E-state index >= 15 is 0 Å². The minimum absolute atomic E-state index is 0.908. The number of halogens is 1. The van der Waals surface area contributed by atoms with Crippen molar-refractivity contribution >= 4 is 78.8 Å². The normalized spacial score (nSPS) is 12.1. The maximum atomic E-state index is 6.62. The lowest BCUT2D eigenvalue weighted by molar-refractivity contribution is -0.633. The number of benzene rings is 4. The Kier molecular flexibility index (Phi) is 4.88. The second-order valence-electron chi connectivity index (χ2n) is 8.73. The minimum Gasteiger partial charge on any atom is -0.455 e. The number of rotatable bonds is 3. The van der Waals surface area contributed by atoms with Crippen molar-refractivity contribution in [2.45, 2.75) is 13.8 Å². The summed E-state index contributed by atoms with van der Waals surface area (Å²) in [4.78, 5) is 0. The second kappa shape index (κ2) is 7.84. The first-order valence-electron chi connectivity index (χ1n) is 11.4. The number of para-hydroxylation sites is 2. The molecule has 0 fully saturated rings. The Morgan fingerprint density at radius 1 is 1.00 bits per heavy atom. The Hall–Kier alpha value is -3.38. The molecule has 0 saturated heterocycles. The van der Waals surface area contributed by atoms with E-state index in [4.69, 9.17) is 4.42 Å². The highest BCUT2D eigenvalue weighted by molar-refractivity contribution is 14.1. The van der Waals surface area contributed by atoms with Gasteiger partial charge in [-0.15, -0.1) is 0 Å². The van der Waals surface area contributed by atoms with Gasteiger partial charge in [0.15, 0.2) is 16.6 Å². The highest BCUT2D eigenvalue weighted by Gasteiger charge is 2.28. The monoisotopic (exact) mass is 555 g/mol. The fourth-order valence-electron chi connectivity index (χ4n) is 5.14. The highest BCUT2D eigenvalue weighted by atomic mass is 127. The molecule has 0 bridgehead atoms. The van der Waals surface area contributed by atoms with Gasteiger partial charge in [-0.05, 0) is 65.6 Å². The molecule has 3 nitrogen and oxygen atoms in total. The average molecular weight is 555 g/mol. The number of nitrogens with zero attached hydrogens (tertiary/aromatic N) is 2. The molecule has 0 spiro atoms. The van der Waals surface area contributed by atoms with Gasteiger partial charge in [0.05, 0.1) is 7.05 Å². The summed E-state index contributed by atoms with van der Waals surface area (Å²) in [5.74, 6) is 1.12. The minimum atomic E-state index is 0.908. The summed E-state index contributed by atoms with van der Waals surface area (Å²) in [5, 5.41) is 4.64. The van der Waals surface area contributed by atoms with Gasteiger partial charge in [-0.3, -0.25) is 0 Å². The Morgan fingerprint density at radius 2 is 1.82 bits per heavy atom. The Labute approximate surface area is 212 Å². The van der Waals surface area contributed by atoms with Crippen LogP contribution in [0.5, 0.6) is 0 Å². The van der Waals surface area contributed by atoms with E-state index in [1.807, 2.05) is 6.08 Å². The maximum Gasteiger partial charge on any atom is 0.302 e. The van der Waals surface area contributed by atoms with Crippen molar-refractivity contribution in [1.82, 2.24) is 2.78 Å². The van der Waals surface area contributed by atoms with Gasteiger partial charge < -0.3 is 4.42 Å². The lowest BCUT2D eigenvalue weighted by Gasteiger charge is -2.07. The quantitative estimate of drug-likeness (QED) is 0.159. The molecule has 2 aromatic heterocycles. The van der Waals surface area contributed by atoms with Gasteiger partial charge >= 0.3 is 5.82 Å². The Morgan fingerprint density at radius 3 is 2.59 bits per heavy atom. The fraction of sp³-hybridized carbons (Fsp3) is 0.100. The Bertz CT molecular complexity index is 1780. The van der Waals surface area contributed by atoms with Crippen LogP contribution >= 0.6 is 22.9 Å². The standard InChI is InChI=1S/C30H24IN2O/c1-5-9-21-19(6-2)13-14-20-16-27-24(17-23(20)21)22-15-12-18(3)28(29(22)34-27)30-32(4)25-10-7-8-11-26(25)33(30)31/h5-17H,2H2,1,3-4H3/q+1/b9-5-. The molecule has 6 aromatic rings. The van der Waals surface area contributed by atoms with Crippen molar-refractivity contribution in [3.8, 4) is 11.4 Å². The molecule has 166 valence electrons. The molecule has 34 heavy (non-hydrogen) atoms. The molecule has 0 aliphatic heterocycles. The fourth-order valence-corrected chi connectivity index (χ4v) is 6.12. The molecular weight excluding hydrogens is 531 g/mol. The second-order valence-corrected chi connectivity index (χ2v) is 9.70. The molecule has 0 saturated carbocycles. The molecule has 6 rings (SSSR count). The number of hydrogen-bond acceptors (Lipinski definition) is 1. The number of furan rings is 1. The molecule has 4 aromatic carbocycles. The van der Waals surface area contributed by atoms with Crippen LogP contribution in [0.1, 0.15) is 23.6 Å². The zero-order valence-electron chi connectivity index (χ0n) is 19.4. The molecule has 2 heterocycles. The molecule has 0 aliphatic rings. The summed E-state index contributed by atoms with van der Waals surface area (Å²) < 4.78 is 11.1. The number of allylic oxidation sites excluding steroid dienone is 1. The molecular formula is C30H24IN2O+. The van der Waals surface area contributed by atoms with Gasteiger partial charge in [0, 0.05) is 10.8 Å². The summed E-state index contributed by atoms with van der Waals surface area (Å²) in [7, 11) is 2.13. The predicted molar refractivity (Wildman–Crippen MR) is 152 cm³/mol. The van der Waals surface area contributed by atoms with Crippen LogP contribution in [-0.4, -0.2) is 2.78 Å². The maximum absolute atomic E-state index is 6.62. The number of aryl methyl sites for hydroxylation is 2. The summed E-state index contributed by atoms with van der Waals surface area (Å²) in [5.41, 5.74) is 8.87. The van der Waals surface area contributed by atoms with Crippen LogP contribution in [0.2, 0.25) is 0 Å². The van der Waals surface area contributed by atoms with E-state index in [0.29, 0.717) is 0 Å². The van der Waals surface area contributed by atoms with E-state index in [1.54, 1.807) is 0 Å². The molecule has 0 atom stereocenters. The first-order valence-corrected chi connectivity index (χ1v) is 12.3. The third-order valence-electron chi connectivity index (χ3n) is 6.80. The summed E-state index contributed by atoms with van der Waals surface area (Å²) in [6.45, 7) is 8.23. The van der Waals surface area contributed by atoms with Gasteiger partial charge in [0.25, 0.3) is 0 Å². The van der Waals surface area contributed by atoms with E-state index in [1.165, 1.54) is 27.5 Å². The lowest BCUT2D eigenvalue weighted by atomic mass is 9.96. The van der Waals surface area contributed by atoms with Crippen molar-refractivity contribution in [2.75, 3.05) is 0 Å². The van der Waals surface area contributed by atoms with Gasteiger partial charge in [-0.2, -0.15) is 2.78 Å². The third-order valence-corrected chi connectivity index (χ3v) is 7.78. The van der Waals surface area contributed by atoms with Crippen LogP contribution in [0.3, 0.4) is 0 Å². The van der Waals surface area contributed by atoms with Crippen LogP contribution in [0.15, 0.2) is 77.7 Å². The smallest absolute Gasteiger partial charge is 0.302 e. The third kappa shape index (κ3) is 2.91. The molecule has 4 heteroatoms. The zero-order valence-corrected chi connectivity index (χ0v) is 21.6. The largest absolute Gasteiger partial charge is 0.455 e. The van der Waals surface area contributed by atoms with Crippen molar-refractivity contribution in [1.29, 1.82) is 0 Å². The first-order chi connectivity index (χ1) is 16.5. The SMILES string of the molecule is C=Cc1ccc2cc3oc4c(-c5n(I)c6ccccc6[n+]5C)c(C)ccc4c3cc2c1/C=C\C. The van der Waals surface area contributed by atoms with Gasteiger partial charge in [0.1, 0.15) is 11.1 Å². The number of imidazole rings is 1. The average Bonchev–Trinajstić information content (AvgIpc) is 3.33. The Balaban J connectivity index is 1.74. The van der Waals surface area contributed by atoms with E-state index in [9.17, 15) is 0 Å². The van der Waals surface area contributed by atoms with Gasteiger partial charge in [-0.25, -0.2) is 4.57 Å². The molecule has 0 amide bonds. The van der Waals surface area contributed by atoms with E-state index < -0.39 is 0 Å². The van der Waals surface area contributed by atoms with Gasteiger partial charge in [-0.1, -0.05) is 61.2 Å². The van der Waals surface area contributed by atoms with Crippen LogP contribution in [0, 0.1) is 6.92 Å². The van der Waals surface area contributed by atoms with Gasteiger partial charge in [0.2, 0.25) is 22.9 Å². The van der Waals surface area contributed by atoms with Crippen LogP contribution in [-0.2, 0) is 7.05 Å². The highest BCUT2D eigenvalue weighted by Crippen LogP contribution is 2.40. The number of hydrogen-bond donors (Lipinski definition) is 0. The van der Waals surface area contributed by atoms with Crippen LogP contribution < -0.4 is 4.57 Å². The molecule has 0 N–H and O–H groups in total. The van der Waals surface area contributed by atoms with Crippen molar-refractivity contribution < 1.29 is 8.98 Å². The zero-order chi connectivity index (χ0) is 23.6. The number of aromatic nitrogens is 2. The number of fused-ring (bicyclic) bond motifs is 5. The molecule has 0 radical (unpaired) electrons. The first kappa shape index (κ1) is 21.2. The molecule has 0 unspecified atom stereocenters. The predicted octanol–water partition coefficient (Wildman–Crippen LogP) is 8.37. The van der Waals surface area contributed by atoms with Crippen molar-refractivity contribution in [2.24, 2.45) is 7.05 Å². The van der Waals surface area contributed by atoms with Crippen LogP contribution in [0.4, 0.5) is 0 Å². The summed E-state index contributed by atoms with van der Waals surface area (Å²) >= 11 is 2.40. The van der Waals surface area contributed by atoms with Crippen LogP contribution in [0.25, 0.3) is 67.3 Å². The topological polar surface area (TPSA) is 21.9 Å². The van der Waals surface area contributed by atoms with E-state index in [2.05, 4.69) is 131 Å². The summed E-state index contributed by atoms with van der Waals surface area (Å²) in [6, 6.07) is 21.6. The summed E-state index contributed by atoms with van der Waals surface area (Å²) in [6.07, 6.45) is 6.17. The molecule has 0 aliphatic carbocycles. The van der Waals surface area contributed by atoms with E-state index in [0.717, 1.165) is 44.3 Å². The van der Waals surface area contributed by atoms with Crippen molar-refractivity contribution in [3.63, 3.8) is 0 Å². The van der Waals surface area contributed by atoms with E-state index in [-0.39, 0.29) is 0 Å².